The molecule has 0 radical (unpaired) electrons. The lowest BCUT2D eigenvalue weighted by molar-refractivity contribution is 1.34. The largest absolute Gasteiger partial charge is 0.370 e. The zero-order valence-electron chi connectivity index (χ0n) is 8.84. The van der Waals surface area contributed by atoms with E-state index in [4.69, 9.17) is 52.0 Å². The first kappa shape index (κ1) is 13.9. The van der Waals surface area contributed by atoms with Crippen molar-refractivity contribution in [3.05, 3.63) is 26.7 Å². The fraction of sp³-hybridized carbons (Fsp3) is 0.111. The minimum Gasteiger partial charge on any atom is -0.370 e. The van der Waals surface area contributed by atoms with Crippen LogP contribution in [0.3, 0.4) is 0 Å². The fourth-order valence-corrected chi connectivity index (χ4v) is 1.86. The number of benzene rings is 1. The van der Waals surface area contributed by atoms with Gasteiger partial charge in [-0.1, -0.05) is 34.8 Å². The third-order valence-corrected chi connectivity index (χ3v) is 3.05. The first-order valence-corrected chi connectivity index (χ1v) is 5.54. The summed E-state index contributed by atoms with van der Waals surface area (Å²) in [5.41, 5.74) is 16.9. The Morgan fingerprint density at radius 3 is 2.24 bits per heavy atom. The number of aliphatic imine (C=N–C) groups is 2. The molecule has 0 aromatic heterocycles. The predicted molar refractivity (Wildman–Crippen MR) is 73.3 cm³/mol. The van der Waals surface area contributed by atoms with Crippen LogP contribution in [0.25, 0.3) is 0 Å². The second-order valence-corrected chi connectivity index (χ2v) is 4.32. The Morgan fingerprint density at radius 2 is 1.71 bits per heavy atom. The number of hydrogen-bond donors (Lipinski definition) is 3. The molecule has 0 unspecified atom stereocenters. The van der Waals surface area contributed by atoms with E-state index in [0.29, 0.717) is 16.3 Å². The van der Waals surface area contributed by atoms with Gasteiger partial charge in [-0.05, 0) is 18.6 Å². The first-order chi connectivity index (χ1) is 7.82. The number of rotatable bonds is 1. The summed E-state index contributed by atoms with van der Waals surface area (Å²) in [6.45, 7) is 1.76. The molecule has 8 heteroatoms. The van der Waals surface area contributed by atoms with E-state index in [1.165, 1.54) is 0 Å². The number of nitrogens with two attached hydrogens (primary N) is 3. The minimum absolute atomic E-state index is 0.117. The average molecular weight is 295 g/mol. The third-order valence-electron chi connectivity index (χ3n) is 1.80. The quantitative estimate of drug-likeness (QED) is 0.420. The van der Waals surface area contributed by atoms with Crippen LogP contribution in [0.15, 0.2) is 16.1 Å². The van der Waals surface area contributed by atoms with Crippen LogP contribution in [-0.4, -0.2) is 11.9 Å². The molecule has 17 heavy (non-hydrogen) atoms. The van der Waals surface area contributed by atoms with Crippen LogP contribution in [0.4, 0.5) is 5.69 Å². The van der Waals surface area contributed by atoms with Gasteiger partial charge in [-0.15, -0.1) is 0 Å². The summed E-state index contributed by atoms with van der Waals surface area (Å²) in [6.07, 6.45) is 0. The van der Waals surface area contributed by atoms with Crippen LogP contribution in [0, 0.1) is 6.92 Å². The topological polar surface area (TPSA) is 103 Å². The summed E-state index contributed by atoms with van der Waals surface area (Å²) < 4.78 is 0. The number of aryl methyl sites for hydroxylation is 1. The van der Waals surface area contributed by atoms with Crippen molar-refractivity contribution in [3.8, 4) is 0 Å². The van der Waals surface area contributed by atoms with Crippen LogP contribution in [0.1, 0.15) is 5.56 Å². The lowest BCUT2D eigenvalue weighted by Gasteiger charge is -2.07. The molecule has 1 aromatic rings. The minimum atomic E-state index is -0.194. The maximum atomic E-state index is 5.99. The molecular weight excluding hydrogens is 284 g/mol. The molecule has 6 N–H and O–H groups in total. The van der Waals surface area contributed by atoms with Gasteiger partial charge in [0, 0.05) is 0 Å². The van der Waals surface area contributed by atoms with Gasteiger partial charge in [0.1, 0.15) is 0 Å². The van der Waals surface area contributed by atoms with Crippen molar-refractivity contribution in [2.24, 2.45) is 27.2 Å². The van der Waals surface area contributed by atoms with E-state index >= 15 is 0 Å². The van der Waals surface area contributed by atoms with Crippen molar-refractivity contribution >= 4 is 52.4 Å². The molecular formula is C9H10Cl3N5. The molecule has 92 valence electrons. The maximum absolute atomic E-state index is 5.99. The molecule has 0 bridgehead atoms. The van der Waals surface area contributed by atoms with Gasteiger partial charge >= 0.3 is 0 Å². The normalized spacial score (nSPS) is 11.4. The summed E-state index contributed by atoms with van der Waals surface area (Å²) in [7, 11) is 0. The first-order valence-electron chi connectivity index (χ1n) is 4.40. The molecule has 0 aliphatic rings. The lowest BCUT2D eigenvalue weighted by atomic mass is 10.2. The summed E-state index contributed by atoms with van der Waals surface area (Å²) in [5, 5.41) is 0.745. The van der Waals surface area contributed by atoms with E-state index < -0.39 is 0 Å². The smallest absolute Gasteiger partial charge is 0.223 e. The maximum Gasteiger partial charge on any atom is 0.223 e. The highest BCUT2D eigenvalue weighted by molar-refractivity contribution is 6.49. The van der Waals surface area contributed by atoms with Gasteiger partial charge in [0.05, 0.1) is 20.8 Å². The van der Waals surface area contributed by atoms with E-state index in [2.05, 4.69) is 9.98 Å². The van der Waals surface area contributed by atoms with Crippen molar-refractivity contribution < 1.29 is 0 Å². The van der Waals surface area contributed by atoms with E-state index in [1.807, 2.05) is 0 Å². The summed E-state index contributed by atoms with van der Waals surface area (Å²) in [4.78, 5) is 7.54. The monoisotopic (exact) mass is 293 g/mol. The van der Waals surface area contributed by atoms with Gasteiger partial charge in [-0.3, -0.25) is 0 Å². The molecule has 0 spiro atoms. The lowest BCUT2D eigenvalue weighted by Crippen LogP contribution is -2.26. The molecule has 0 fully saturated rings. The Hall–Kier alpha value is -1.17. The third kappa shape index (κ3) is 3.39. The Morgan fingerprint density at radius 1 is 1.12 bits per heavy atom. The van der Waals surface area contributed by atoms with Gasteiger partial charge in [-0.2, -0.15) is 4.99 Å². The summed E-state index contributed by atoms with van der Waals surface area (Å²) in [5.74, 6) is -0.312. The van der Waals surface area contributed by atoms with E-state index in [9.17, 15) is 0 Å². The highest BCUT2D eigenvalue weighted by atomic mass is 35.5. The van der Waals surface area contributed by atoms with Crippen molar-refractivity contribution in [3.63, 3.8) is 0 Å². The Kier molecular flexibility index (Phi) is 4.45. The molecule has 5 nitrogen and oxygen atoms in total. The van der Waals surface area contributed by atoms with Crippen molar-refractivity contribution in [1.82, 2.24) is 0 Å². The standard InChI is InChI=1S/C9H10Cl3N5/c1-3-2-4(10)5(11)6(12)7(3)16-9(15)17-8(13)14/h2H,1H3,(H6,13,14,15,16,17). The van der Waals surface area contributed by atoms with Crippen molar-refractivity contribution in [2.45, 2.75) is 6.92 Å². The zero-order chi connectivity index (χ0) is 13.2. The van der Waals surface area contributed by atoms with Crippen LogP contribution in [-0.2, 0) is 0 Å². The molecule has 0 aliphatic heterocycles. The van der Waals surface area contributed by atoms with Crippen LogP contribution >= 0.6 is 34.8 Å². The average Bonchev–Trinajstić information content (AvgIpc) is 2.20. The molecule has 0 amide bonds. The van der Waals surface area contributed by atoms with E-state index in [1.54, 1.807) is 13.0 Å². The fourth-order valence-electron chi connectivity index (χ4n) is 1.11. The molecule has 0 aliphatic carbocycles. The molecule has 1 rings (SSSR count). The second-order valence-electron chi connectivity index (χ2n) is 3.16. The number of guanidine groups is 2. The zero-order valence-corrected chi connectivity index (χ0v) is 11.1. The van der Waals surface area contributed by atoms with Gasteiger partial charge in [-0.25, -0.2) is 4.99 Å². The highest BCUT2D eigenvalue weighted by Gasteiger charge is 2.12. The predicted octanol–water partition coefficient (Wildman–Crippen LogP) is 2.17. The summed E-state index contributed by atoms with van der Waals surface area (Å²) >= 11 is 17.7. The Bertz CT molecular complexity index is 506. The SMILES string of the molecule is Cc1cc(Cl)c(Cl)c(Cl)c1N=C(N)N=C(N)N. The number of nitrogens with zero attached hydrogens (tertiary/aromatic N) is 2. The summed E-state index contributed by atoms with van der Waals surface area (Å²) in [6, 6.07) is 1.62. The van der Waals surface area contributed by atoms with Crippen LogP contribution < -0.4 is 17.2 Å². The van der Waals surface area contributed by atoms with E-state index in [-0.39, 0.29) is 22.0 Å². The van der Waals surface area contributed by atoms with Crippen LogP contribution in [0.5, 0.6) is 0 Å². The van der Waals surface area contributed by atoms with Crippen molar-refractivity contribution in [2.75, 3.05) is 0 Å². The van der Waals surface area contributed by atoms with Gasteiger partial charge in [0.2, 0.25) is 5.96 Å². The second kappa shape index (κ2) is 5.44. The van der Waals surface area contributed by atoms with E-state index in [0.717, 1.165) is 0 Å². The van der Waals surface area contributed by atoms with Gasteiger partial charge in [0.15, 0.2) is 5.96 Å². The Labute approximate surface area is 113 Å². The number of halogens is 3. The molecule has 0 atom stereocenters. The molecule has 0 saturated carbocycles. The molecule has 0 saturated heterocycles. The molecule has 1 aromatic carbocycles. The molecule has 0 heterocycles. The van der Waals surface area contributed by atoms with Gasteiger partial charge in [0.25, 0.3) is 0 Å². The Balaban J connectivity index is 3.34. The number of hydrogen-bond acceptors (Lipinski definition) is 1. The van der Waals surface area contributed by atoms with Crippen molar-refractivity contribution in [1.29, 1.82) is 0 Å². The van der Waals surface area contributed by atoms with Crippen LogP contribution in [0.2, 0.25) is 15.1 Å². The van der Waals surface area contributed by atoms with Gasteiger partial charge < -0.3 is 17.2 Å². The highest BCUT2D eigenvalue weighted by Crippen LogP contribution is 2.39.